The third kappa shape index (κ3) is 4.83. The molecule has 0 radical (unpaired) electrons. The standard InChI is InChI=1S/C23H28N2O3.CH2O2/c26-22(21-6-5-19-3-1-2-4-20(19)21)25-10-8-23(9-11-25)17-24(12-14-28-23)15-18-7-13-27-16-18;2-1-3/h1-4,7,13,16,21H,5-6,8-12,14-15,17H2;1H,(H,2,3). The van der Waals surface area contributed by atoms with E-state index in [1.807, 2.05) is 12.3 Å². The highest BCUT2D eigenvalue weighted by Crippen LogP contribution is 2.37. The Morgan fingerprint density at radius 2 is 1.97 bits per heavy atom. The summed E-state index contributed by atoms with van der Waals surface area (Å²) in [6.07, 6.45) is 7.38. The summed E-state index contributed by atoms with van der Waals surface area (Å²) in [5.74, 6) is 0.362. The van der Waals surface area contributed by atoms with Gasteiger partial charge in [-0.1, -0.05) is 24.3 Å². The van der Waals surface area contributed by atoms with Gasteiger partial charge in [-0.25, -0.2) is 0 Å². The molecular weight excluding hydrogens is 396 g/mol. The van der Waals surface area contributed by atoms with E-state index in [4.69, 9.17) is 19.1 Å². The number of nitrogens with zero attached hydrogens (tertiary/aromatic N) is 2. The smallest absolute Gasteiger partial charge is 0.290 e. The predicted octanol–water partition coefficient (Wildman–Crippen LogP) is 2.90. The van der Waals surface area contributed by atoms with E-state index in [-0.39, 0.29) is 18.0 Å². The van der Waals surface area contributed by atoms with Crippen molar-refractivity contribution in [3.8, 4) is 0 Å². The van der Waals surface area contributed by atoms with Gasteiger partial charge < -0.3 is 19.2 Å². The lowest BCUT2D eigenvalue weighted by atomic mass is 9.88. The first kappa shape index (κ1) is 21.6. The summed E-state index contributed by atoms with van der Waals surface area (Å²) >= 11 is 0. The average Bonchev–Trinajstić information content (AvgIpc) is 3.44. The maximum absolute atomic E-state index is 13.2. The number of likely N-dealkylation sites (tertiary alicyclic amines) is 1. The van der Waals surface area contributed by atoms with E-state index in [1.54, 1.807) is 6.26 Å². The first-order valence-corrected chi connectivity index (χ1v) is 11.0. The number of rotatable bonds is 3. The summed E-state index contributed by atoms with van der Waals surface area (Å²) in [5, 5.41) is 6.89. The fourth-order valence-corrected chi connectivity index (χ4v) is 5.17. The Balaban J connectivity index is 0.000000730. The second kappa shape index (κ2) is 9.66. The van der Waals surface area contributed by atoms with Gasteiger partial charge in [-0.05, 0) is 42.9 Å². The fraction of sp³-hybridized carbons (Fsp3) is 0.500. The highest BCUT2D eigenvalue weighted by atomic mass is 16.5. The number of hydrogen-bond donors (Lipinski definition) is 1. The summed E-state index contributed by atoms with van der Waals surface area (Å²) in [6, 6.07) is 10.5. The van der Waals surface area contributed by atoms with Crippen molar-refractivity contribution in [3.63, 3.8) is 0 Å². The molecule has 0 saturated carbocycles. The maximum atomic E-state index is 13.2. The van der Waals surface area contributed by atoms with Crippen molar-refractivity contribution >= 4 is 12.4 Å². The Labute approximate surface area is 182 Å². The van der Waals surface area contributed by atoms with Crippen LogP contribution in [-0.2, 0) is 27.3 Å². The second-order valence-corrected chi connectivity index (χ2v) is 8.59. The van der Waals surface area contributed by atoms with Crippen molar-refractivity contribution in [1.82, 2.24) is 9.80 Å². The Bertz CT molecular complexity index is 874. The third-order valence-corrected chi connectivity index (χ3v) is 6.73. The van der Waals surface area contributed by atoms with Crippen LogP contribution in [0.1, 0.15) is 41.9 Å². The van der Waals surface area contributed by atoms with E-state index < -0.39 is 0 Å². The minimum Gasteiger partial charge on any atom is -0.483 e. The molecule has 1 amide bonds. The molecule has 31 heavy (non-hydrogen) atoms. The second-order valence-electron chi connectivity index (χ2n) is 8.59. The summed E-state index contributed by atoms with van der Waals surface area (Å²) in [7, 11) is 0. The molecule has 7 heteroatoms. The Kier molecular flexibility index (Phi) is 6.73. The molecule has 7 nitrogen and oxygen atoms in total. The van der Waals surface area contributed by atoms with Crippen LogP contribution < -0.4 is 0 Å². The molecule has 2 fully saturated rings. The van der Waals surface area contributed by atoms with Crippen LogP contribution in [0.25, 0.3) is 0 Å². The summed E-state index contributed by atoms with van der Waals surface area (Å²) in [5.41, 5.74) is 3.70. The zero-order chi connectivity index (χ0) is 21.7. The van der Waals surface area contributed by atoms with Gasteiger partial charge in [0.15, 0.2) is 0 Å². The number of morpholine rings is 1. The molecule has 3 aliphatic rings. The largest absolute Gasteiger partial charge is 0.483 e. The molecule has 1 unspecified atom stereocenters. The average molecular weight is 427 g/mol. The van der Waals surface area contributed by atoms with E-state index in [2.05, 4.69) is 34.1 Å². The van der Waals surface area contributed by atoms with Crippen LogP contribution in [0.2, 0.25) is 0 Å². The van der Waals surface area contributed by atoms with Crippen molar-refractivity contribution < 1.29 is 23.8 Å². The van der Waals surface area contributed by atoms with E-state index >= 15 is 0 Å². The Morgan fingerprint density at radius 3 is 2.71 bits per heavy atom. The number of carbonyl (C=O) groups excluding carboxylic acids is 1. The van der Waals surface area contributed by atoms with Gasteiger partial charge in [0.2, 0.25) is 5.91 Å². The SMILES string of the molecule is O=C(C1CCc2ccccc21)N1CCC2(CC1)CN(Cc1ccoc1)CCO2.O=CO. The number of amides is 1. The molecule has 1 atom stereocenters. The van der Waals surface area contributed by atoms with Crippen LogP contribution in [0.5, 0.6) is 0 Å². The molecule has 1 aromatic carbocycles. The van der Waals surface area contributed by atoms with Gasteiger partial charge in [-0.2, -0.15) is 0 Å². The van der Waals surface area contributed by atoms with Crippen LogP contribution >= 0.6 is 0 Å². The highest BCUT2D eigenvalue weighted by Gasteiger charge is 2.42. The van der Waals surface area contributed by atoms with Crippen molar-refractivity contribution in [1.29, 1.82) is 0 Å². The number of fused-ring (bicyclic) bond motifs is 1. The normalized spacial score (nSPS) is 22.5. The predicted molar refractivity (Wildman–Crippen MR) is 115 cm³/mol. The highest BCUT2D eigenvalue weighted by molar-refractivity contribution is 5.85. The maximum Gasteiger partial charge on any atom is 0.290 e. The third-order valence-electron chi connectivity index (χ3n) is 6.73. The molecular formula is C24H30N2O5. The zero-order valence-electron chi connectivity index (χ0n) is 17.7. The molecule has 1 N–H and O–H groups in total. The van der Waals surface area contributed by atoms with Crippen LogP contribution in [0.3, 0.4) is 0 Å². The lowest BCUT2D eigenvalue weighted by Gasteiger charge is -2.47. The molecule has 1 aromatic heterocycles. The fourth-order valence-electron chi connectivity index (χ4n) is 5.17. The lowest BCUT2D eigenvalue weighted by Crippen LogP contribution is -2.57. The van der Waals surface area contributed by atoms with Gasteiger partial charge in [-0.15, -0.1) is 0 Å². The van der Waals surface area contributed by atoms with Gasteiger partial charge in [0.1, 0.15) is 0 Å². The van der Waals surface area contributed by atoms with Gasteiger partial charge >= 0.3 is 0 Å². The lowest BCUT2D eigenvalue weighted by molar-refractivity contribution is -0.152. The van der Waals surface area contributed by atoms with E-state index in [0.717, 1.165) is 65.0 Å². The van der Waals surface area contributed by atoms with Crippen LogP contribution in [-0.4, -0.2) is 65.7 Å². The van der Waals surface area contributed by atoms with Gasteiger partial charge in [0, 0.05) is 38.3 Å². The quantitative estimate of drug-likeness (QED) is 0.760. The molecule has 0 bridgehead atoms. The number of hydrogen-bond acceptors (Lipinski definition) is 5. The number of piperidine rings is 1. The van der Waals surface area contributed by atoms with Crippen molar-refractivity contribution in [3.05, 3.63) is 59.5 Å². The number of ether oxygens (including phenoxy) is 1. The molecule has 3 heterocycles. The molecule has 2 aromatic rings. The molecule has 1 aliphatic carbocycles. The van der Waals surface area contributed by atoms with E-state index in [0.29, 0.717) is 5.91 Å². The molecule has 1 spiro atoms. The molecule has 2 saturated heterocycles. The summed E-state index contributed by atoms with van der Waals surface area (Å²) in [6.45, 7) is 4.92. The first-order chi connectivity index (χ1) is 15.1. The number of aryl methyl sites for hydroxylation is 1. The van der Waals surface area contributed by atoms with Gasteiger partial charge in [0.25, 0.3) is 6.47 Å². The number of furan rings is 1. The minimum absolute atomic E-state index is 0.0510. The van der Waals surface area contributed by atoms with Gasteiger partial charge in [-0.3, -0.25) is 14.5 Å². The minimum atomic E-state index is -0.250. The van der Waals surface area contributed by atoms with E-state index in [9.17, 15) is 4.79 Å². The number of carbonyl (C=O) groups is 2. The topological polar surface area (TPSA) is 83.2 Å². The van der Waals surface area contributed by atoms with Crippen LogP contribution in [0.4, 0.5) is 0 Å². The van der Waals surface area contributed by atoms with Crippen molar-refractivity contribution in [2.24, 2.45) is 0 Å². The van der Waals surface area contributed by atoms with Crippen LogP contribution in [0, 0.1) is 0 Å². The van der Waals surface area contributed by atoms with Crippen molar-refractivity contribution in [2.75, 3.05) is 32.8 Å². The molecule has 5 rings (SSSR count). The first-order valence-electron chi connectivity index (χ1n) is 11.0. The number of benzene rings is 1. The van der Waals surface area contributed by atoms with Crippen LogP contribution in [0.15, 0.2) is 47.3 Å². The van der Waals surface area contributed by atoms with Crippen molar-refractivity contribution in [2.45, 2.75) is 43.7 Å². The van der Waals surface area contributed by atoms with E-state index in [1.165, 1.54) is 16.7 Å². The zero-order valence-corrected chi connectivity index (χ0v) is 17.7. The van der Waals surface area contributed by atoms with Gasteiger partial charge in [0.05, 0.1) is 30.7 Å². The Hall–Kier alpha value is -2.64. The molecule has 166 valence electrons. The molecule has 2 aliphatic heterocycles. The Morgan fingerprint density at radius 1 is 1.19 bits per heavy atom. The monoisotopic (exact) mass is 426 g/mol. The summed E-state index contributed by atoms with van der Waals surface area (Å²) in [4.78, 5) is 26.1. The summed E-state index contributed by atoms with van der Waals surface area (Å²) < 4.78 is 11.5. The number of carboxylic acid groups (broad SMARTS) is 1.